The summed E-state index contributed by atoms with van der Waals surface area (Å²) < 4.78 is 0. The molecule has 4 fully saturated rings. The highest BCUT2D eigenvalue weighted by Crippen LogP contribution is 2.45. The van der Waals surface area contributed by atoms with E-state index in [0.29, 0.717) is 18.2 Å². The fourth-order valence-electron chi connectivity index (χ4n) is 10.5. The molecule has 0 unspecified atom stereocenters. The number of hydroxylamine groups is 4. The molecule has 2 saturated heterocycles. The fraction of sp³-hybridized carbons (Fsp3) is 0.932. The first-order valence-corrected chi connectivity index (χ1v) is 22.6. The summed E-state index contributed by atoms with van der Waals surface area (Å²) in [6, 6.07) is 0.563. The zero-order chi connectivity index (χ0) is 39.1. The minimum absolute atomic E-state index is 0.133. The maximum absolute atomic E-state index is 6.92. The van der Waals surface area contributed by atoms with Crippen LogP contribution in [-0.4, -0.2) is 91.2 Å². The van der Waals surface area contributed by atoms with E-state index in [1.54, 1.807) is 0 Å². The van der Waals surface area contributed by atoms with Gasteiger partial charge in [-0.05, 0) is 126 Å². The number of aromatic nitrogens is 3. The van der Waals surface area contributed by atoms with Crippen LogP contribution in [-0.2, 0) is 9.68 Å². The van der Waals surface area contributed by atoms with E-state index in [4.69, 9.17) is 24.6 Å². The Labute approximate surface area is 331 Å². The molecule has 0 aromatic carbocycles. The highest BCUT2D eigenvalue weighted by atomic mass is 16.7. The number of hydrogen-bond donors (Lipinski definition) is 1. The van der Waals surface area contributed by atoms with Gasteiger partial charge < -0.3 is 15.1 Å². The number of piperidine rings is 2. The molecule has 3 heterocycles. The van der Waals surface area contributed by atoms with Crippen LogP contribution in [0.4, 0.5) is 17.8 Å². The predicted molar refractivity (Wildman–Crippen MR) is 225 cm³/mol. The number of nitrogens with zero attached hydrogens (tertiary/aromatic N) is 7. The fourth-order valence-corrected chi connectivity index (χ4v) is 10.5. The van der Waals surface area contributed by atoms with Gasteiger partial charge in [-0.2, -0.15) is 25.1 Å². The van der Waals surface area contributed by atoms with Gasteiger partial charge in [0, 0.05) is 53.9 Å². The van der Waals surface area contributed by atoms with E-state index in [0.717, 1.165) is 89.3 Å². The van der Waals surface area contributed by atoms with Crippen LogP contribution in [0.5, 0.6) is 0 Å². The summed E-state index contributed by atoms with van der Waals surface area (Å²) in [6.45, 7) is 28.6. The standard InChI is InChI=1S/C44H82N8O2/c1-12-15-28-49(34-30-41(4,5)51(42(6,7)31-34)53-36-23-19-17-20-24-36)39-46-38(45-27-14-3)47-40(48-39)50(29-16-13-2)35-32-43(8,9)52(44(10,11)33-35)54-37-25-21-18-22-26-37/h34-37H,12-33H2,1-11H3,(H,45,46,47,48). The van der Waals surface area contributed by atoms with Crippen LogP contribution in [0.1, 0.15) is 198 Å². The van der Waals surface area contributed by atoms with Gasteiger partial charge in [0.1, 0.15) is 0 Å². The molecule has 0 amide bonds. The van der Waals surface area contributed by atoms with Gasteiger partial charge in [0.2, 0.25) is 17.8 Å². The van der Waals surface area contributed by atoms with Crippen LogP contribution in [0, 0.1) is 0 Å². The van der Waals surface area contributed by atoms with E-state index < -0.39 is 0 Å². The Balaban J connectivity index is 1.48. The lowest BCUT2D eigenvalue weighted by Crippen LogP contribution is -2.65. The first kappa shape index (κ1) is 43.4. The summed E-state index contributed by atoms with van der Waals surface area (Å²) in [5.74, 6) is 2.35. The number of unbranched alkanes of at least 4 members (excludes halogenated alkanes) is 2. The lowest BCUT2D eigenvalue weighted by molar-refractivity contribution is -0.310. The van der Waals surface area contributed by atoms with Crippen LogP contribution in [0.2, 0.25) is 0 Å². The largest absolute Gasteiger partial charge is 0.354 e. The predicted octanol–water partition coefficient (Wildman–Crippen LogP) is 10.5. The normalized spacial score (nSPS) is 24.4. The van der Waals surface area contributed by atoms with Crippen molar-refractivity contribution >= 4 is 17.8 Å². The van der Waals surface area contributed by atoms with Gasteiger partial charge in [-0.1, -0.05) is 72.1 Å². The summed E-state index contributed by atoms with van der Waals surface area (Å²) in [6.07, 6.45) is 22.6. The highest BCUT2D eigenvalue weighted by Gasteiger charge is 2.51. The molecule has 1 N–H and O–H groups in total. The number of hydrogen-bond acceptors (Lipinski definition) is 10. The van der Waals surface area contributed by atoms with Gasteiger partial charge in [0.05, 0.1) is 12.2 Å². The minimum atomic E-state index is -0.133. The topological polar surface area (TPSA) is 82.1 Å². The SMILES string of the molecule is CCCCN(c1nc(NCCC)nc(N(CCCC)C2CC(C)(C)N(OC3CCCCC3)C(C)(C)C2)n1)C1CC(C)(C)N(OC2CCCCC2)C(C)(C)C1. The van der Waals surface area contributed by atoms with Crippen molar-refractivity contribution < 1.29 is 9.68 Å². The average Bonchev–Trinajstić information content (AvgIpc) is 3.11. The molecule has 1 aromatic rings. The van der Waals surface area contributed by atoms with Gasteiger partial charge in [0.25, 0.3) is 0 Å². The highest BCUT2D eigenvalue weighted by molar-refractivity contribution is 5.47. The Morgan fingerprint density at radius 1 is 0.556 bits per heavy atom. The average molecular weight is 755 g/mol. The van der Waals surface area contributed by atoms with Gasteiger partial charge >= 0.3 is 0 Å². The second-order valence-corrected chi connectivity index (χ2v) is 20.0. The maximum atomic E-state index is 6.92. The van der Waals surface area contributed by atoms with E-state index >= 15 is 0 Å². The molecule has 0 radical (unpaired) electrons. The molecule has 4 aliphatic rings. The first-order valence-electron chi connectivity index (χ1n) is 22.6. The van der Waals surface area contributed by atoms with Crippen molar-refractivity contribution in [3.05, 3.63) is 0 Å². The minimum Gasteiger partial charge on any atom is -0.354 e. The second-order valence-electron chi connectivity index (χ2n) is 20.0. The molecule has 10 nitrogen and oxygen atoms in total. The van der Waals surface area contributed by atoms with Crippen molar-refractivity contribution in [1.82, 2.24) is 25.1 Å². The number of anilines is 3. The van der Waals surface area contributed by atoms with Gasteiger partial charge in [-0.25, -0.2) is 0 Å². The molecule has 2 aliphatic carbocycles. The van der Waals surface area contributed by atoms with Crippen molar-refractivity contribution in [3.8, 4) is 0 Å². The molecular weight excluding hydrogens is 673 g/mol. The van der Waals surface area contributed by atoms with Gasteiger partial charge in [-0.3, -0.25) is 9.68 Å². The molecule has 2 aliphatic heterocycles. The van der Waals surface area contributed by atoms with E-state index in [-0.39, 0.29) is 34.2 Å². The Morgan fingerprint density at radius 2 is 0.926 bits per heavy atom. The summed E-state index contributed by atoms with van der Waals surface area (Å²) >= 11 is 0. The zero-order valence-electron chi connectivity index (χ0n) is 36.8. The van der Waals surface area contributed by atoms with Crippen LogP contribution >= 0.6 is 0 Å². The Hall–Kier alpha value is -1.75. The lowest BCUT2D eigenvalue weighted by Gasteiger charge is -2.57. The monoisotopic (exact) mass is 755 g/mol. The van der Waals surface area contributed by atoms with Gasteiger partial charge in [0.15, 0.2) is 0 Å². The third kappa shape index (κ3) is 10.8. The lowest BCUT2D eigenvalue weighted by atomic mass is 9.78. The molecule has 10 heteroatoms. The van der Waals surface area contributed by atoms with Crippen molar-refractivity contribution in [2.75, 3.05) is 34.8 Å². The Morgan fingerprint density at radius 3 is 1.26 bits per heavy atom. The number of nitrogens with one attached hydrogen (secondary N) is 1. The molecule has 54 heavy (non-hydrogen) atoms. The number of rotatable bonds is 17. The van der Waals surface area contributed by atoms with Crippen molar-refractivity contribution in [2.45, 2.75) is 245 Å². The molecule has 0 atom stereocenters. The van der Waals surface area contributed by atoms with Crippen LogP contribution < -0.4 is 15.1 Å². The summed E-state index contributed by atoms with van der Waals surface area (Å²) in [4.78, 5) is 35.0. The first-order chi connectivity index (χ1) is 25.6. The molecule has 0 bridgehead atoms. The molecule has 5 rings (SSSR count). The summed E-state index contributed by atoms with van der Waals surface area (Å²) in [7, 11) is 0. The van der Waals surface area contributed by atoms with Crippen molar-refractivity contribution in [3.63, 3.8) is 0 Å². The molecule has 2 saturated carbocycles. The zero-order valence-corrected chi connectivity index (χ0v) is 36.8. The van der Waals surface area contributed by atoms with E-state index in [9.17, 15) is 0 Å². The smallest absolute Gasteiger partial charge is 0.232 e. The van der Waals surface area contributed by atoms with Crippen molar-refractivity contribution in [2.24, 2.45) is 0 Å². The quantitative estimate of drug-likeness (QED) is 0.166. The maximum Gasteiger partial charge on any atom is 0.232 e. The molecule has 310 valence electrons. The van der Waals surface area contributed by atoms with E-state index in [2.05, 4.69) is 101 Å². The van der Waals surface area contributed by atoms with E-state index in [1.807, 2.05) is 0 Å². The van der Waals surface area contributed by atoms with Gasteiger partial charge in [-0.15, -0.1) is 0 Å². The Bertz CT molecular complexity index is 1160. The second kappa shape index (κ2) is 18.7. The van der Waals surface area contributed by atoms with E-state index in [1.165, 1.54) is 64.2 Å². The molecule has 1 aromatic heterocycles. The van der Waals surface area contributed by atoms with Crippen LogP contribution in [0.3, 0.4) is 0 Å². The summed E-state index contributed by atoms with van der Waals surface area (Å²) in [5.41, 5.74) is -0.534. The van der Waals surface area contributed by atoms with Crippen LogP contribution in [0.25, 0.3) is 0 Å². The summed E-state index contributed by atoms with van der Waals surface area (Å²) in [5, 5.41) is 8.37. The van der Waals surface area contributed by atoms with Crippen LogP contribution in [0.15, 0.2) is 0 Å². The Kier molecular flexibility index (Phi) is 15.0. The third-order valence-electron chi connectivity index (χ3n) is 12.8. The third-order valence-corrected chi connectivity index (χ3v) is 12.8. The molecule has 0 spiro atoms. The molecular formula is C44H82N8O2. The van der Waals surface area contributed by atoms with Crippen molar-refractivity contribution in [1.29, 1.82) is 0 Å².